The van der Waals surface area contributed by atoms with Crippen LogP contribution in [0.3, 0.4) is 0 Å². The molecule has 1 aliphatic carbocycles. The van der Waals surface area contributed by atoms with Gasteiger partial charge in [-0.2, -0.15) is 0 Å². The van der Waals surface area contributed by atoms with Gasteiger partial charge in [-0.05, 0) is 31.9 Å². The van der Waals surface area contributed by atoms with Crippen LogP contribution in [0.25, 0.3) is 0 Å². The van der Waals surface area contributed by atoms with Crippen molar-refractivity contribution in [2.75, 3.05) is 25.7 Å². The van der Waals surface area contributed by atoms with Crippen molar-refractivity contribution in [3.05, 3.63) is 28.8 Å². The summed E-state index contributed by atoms with van der Waals surface area (Å²) in [4.78, 5) is 2.24. The average Bonchev–Trinajstić information content (AvgIpc) is 3.20. The molecular formula is C15H23ClN2O. The normalized spacial score (nSPS) is 16.4. The van der Waals surface area contributed by atoms with Crippen molar-refractivity contribution in [1.29, 1.82) is 0 Å². The zero-order valence-electron chi connectivity index (χ0n) is 11.9. The summed E-state index contributed by atoms with van der Waals surface area (Å²) in [5, 5.41) is 4.37. The molecule has 4 heteroatoms. The molecule has 1 aromatic carbocycles. The molecule has 1 fully saturated rings. The third-order valence-electron chi connectivity index (χ3n) is 3.69. The number of halogens is 1. The Balaban J connectivity index is 2.14. The van der Waals surface area contributed by atoms with E-state index in [9.17, 15) is 0 Å². The lowest BCUT2D eigenvalue weighted by atomic mass is 10.1. The van der Waals surface area contributed by atoms with Gasteiger partial charge in [0.05, 0.1) is 6.61 Å². The van der Waals surface area contributed by atoms with Crippen LogP contribution in [0.1, 0.15) is 25.3 Å². The second kappa shape index (κ2) is 6.60. The van der Waals surface area contributed by atoms with Gasteiger partial charge in [0.15, 0.2) is 0 Å². The van der Waals surface area contributed by atoms with Gasteiger partial charge in [0.1, 0.15) is 0 Å². The van der Waals surface area contributed by atoms with E-state index in [1.165, 1.54) is 24.1 Å². The van der Waals surface area contributed by atoms with Crippen molar-refractivity contribution in [1.82, 2.24) is 5.32 Å². The molecule has 1 N–H and O–H groups in total. The second-order valence-electron chi connectivity index (χ2n) is 5.31. The predicted octanol–water partition coefficient (Wildman–Crippen LogP) is 3.06. The van der Waals surface area contributed by atoms with Crippen LogP contribution in [0, 0.1) is 0 Å². The molecule has 1 atom stereocenters. The Kier molecular flexibility index (Phi) is 5.08. The SMILES string of the molecule is COCC(C)N(C)c1cccc(Cl)c1CNC1CC1. The van der Waals surface area contributed by atoms with E-state index in [0.29, 0.717) is 18.7 Å². The molecule has 0 radical (unpaired) electrons. The highest BCUT2D eigenvalue weighted by Crippen LogP contribution is 2.29. The Hall–Kier alpha value is -0.770. The number of benzene rings is 1. The van der Waals surface area contributed by atoms with E-state index in [1.54, 1.807) is 7.11 Å². The summed E-state index contributed by atoms with van der Waals surface area (Å²) < 4.78 is 5.23. The summed E-state index contributed by atoms with van der Waals surface area (Å²) in [6.07, 6.45) is 2.57. The molecule has 0 aliphatic heterocycles. The van der Waals surface area contributed by atoms with Crippen LogP contribution in [0.15, 0.2) is 18.2 Å². The molecule has 0 saturated heterocycles. The maximum absolute atomic E-state index is 6.36. The quantitative estimate of drug-likeness (QED) is 0.832. The Morgan fingerprint density at radius 2 is 2.21 bits per heavy atom. The lowest BCUT2D eigenvalue weighted by molar-refractivity contribution is 0.183. The van der Waals surface area contributed by atoms with Crippen LogP contribution in [0.4, 0.5) is 5.69 Å². The van der Waals surface area contributed by atoms with Crippen molar-refractivity contribution in [2.45, 2.75) is 38.4 Å². The maximum Gasteiger partial charge on any atom is 0.0663 e. The Labute approximate surface area is 120 Å². The number of nitrogens with one attached hydrogen (secondary N) is 1. The van der Waals surface area contributed by atoms with Gasteiger partial charge in [-0.15, -0.1) is 0 Å². The highest BCUT2D eigenvalue weighted by Gasteiger charge is 2.22. The molecule has 3 nitrogen and oxygen atoms in total. The lowest BCUT2D eigenvalue weighted by Gasteiger charge is -2.29. The zero-order chi connectivity index (χ0) is 13.8. The number of ether oxygens (including phenoxy) is 1. The molecule has 19 heavy (non-hydrogen) atoms. The summed E-state index contributed by atoms with van der Waals surface area (Å²) in [5.74, 6) is 0. The number of methoxy groups -OCH3 is 1. The van der Waals surface area contributed by atoms with Crippen LogP contribution >= 0.6 is 11.6 Å². The molecular weight excluding hydrogens is 260 g/mol. The van der Waals surface area contributed by atoms with Crippen LogP contribution < -0.4 is 10.2 Å². The van der Waals surface area contributed by atoms with Gasteiger partial charge < -0.3 is 15.0 Å². The first kappa shape index (κ1) is 14.6. The molecule has 0 spiro atoms. The van der Waals surface area contributed by atoms with Crippen molar-refractivity contribution >= 4 is 17.3 Å². The van der Waals surface area contributed by atoms with Crippen LogP contribution in [-0.2, 0) is 11.3 Å². The molecule has 0 heterocycles. The minimum atomic E-state index is 0.322. The van der Waals surface area contributed by atoms with Gasteiger partial charge >= 0.3 is 0 Å². The minimum absolute atomic E-state index is 0.322. The van der Waals surface area contributed by atoms with E-state index in [4.69, 9.17) is 16.3 Å². The number of likely N-dealkylation sites (N-methyl/N-ethyl adjacent to an activating group) is 1. The van der Waals surface area contributed by atoms with Crippen molar-refractivity contribution < 1.29 is 4.74 Å². The Morgan fingerprint density at radius 3 is 2.84 bits per heavy atom. The van der Waals surface area contributed by atoms with Gasteiger partial charge in [-0.1, -0.05) is 17.7 Å². The van der Waals surface area contributed by atoms with Crippen LogP contribution in [0.5, 0.6) is 0 Å². The largest absolute Gasteiger partial charge is 0.383 e. The summed E-state index contributed by atoms with van der Waals surface area (Å²) in [5.41, 5.74) is 2.37. The number of hydrogen-bond donors (Lipinski definition) is 1. The molecule has 1 saturated carbocycles. The van der Waals surface area contributed by atoms with Crippen molar-refractivity contribution in [3.8, 4) is 0 Å². The first-order chi connectivity index (χ1) is 9.13. The fourth-order valence-corrected chi connectivity index (χ4v) is 2.41. The highest BCUT2D eigenvalue weighted by atomic mass is 35.5. The number of rotatable bonds is 7. The summed E-state index contributed by atoms with van der Waals surface area (Å²) in [7, 11) is 3.83. The van der Waals surface area contributed by atoms with E-state index in [1.807, 2.05) is 12.1 Å². The predicted molar refractivity (Wildman–Crippen MR) is 81.1 cm³/mol. The Morgan fingerprint density at radius 1 is 1.47 bits per heavy atom. The van der Waals surface area contributed by atoms with E-state index < -0.39 is 0 Å². The van der Waals surface area contributed by atoms with Gasteiger partial charge in [0, 0.05) is 49.1 Å². The highest BCUT2D eigenvalue weighted by molar-refractivity contribution is 6.31. The summed E-state index contributed by atoms with van der Waals surface area (Å²) in [6, 6.07) is 7.11. The van der Waals surface area contributed by atoms with E-state index >= 15 is 0 Å². The van der Waals surface area contributed by atoms with Crippen molar-refractivity contribution in [2.24, 2.45) is 0 Å². The molecule has 106 valence electrons. The van der Waals surface area contributed by atoms with Crippen LogP contribution in [-0.4, -0.2) is 32.8 Å². The number of nitrogens with zero attached hydrogens (tertiary/aromatic N) is 1. The fourth-order valence-electron chi connectivity index (χ4n) is 2.18. The average molecular weight is 283 g/mol. The molecule has 0 bridgehead atoms. The maximum atomic E-state index is 6.36. The topological polar surface area (TPSA) is 24.5 Å². The third kappa shape index (κ3) is 3.85. The minimum Gasteiger partial charge on any atom is -0.383 e. The van der Waals surface area contributed by atoms with E-state index in [2.05, 4.69) is 30.3 Å². The smallest absolute Gasteiger partial charge is 0.0663 e. The molecule has 2 rings (SSSR count). The van der Waals surface area contributed by atoms with Crippen molar-refractivity contribution in [3.63, 3.8) is 0 Å². The fraction of sp³-hybridized carbons (Fsp3) is 0.600. The standard InChI is InChI=1S/C15H23ClN2O/c1-11(10-19-3)18(2)15-6-4-5-14(16)13(15)9-17-12-7-8-12/h4-6,11-12,17H,7-10H2,1-3H3. The summed E-state index contributed by atoms with van der Waals surface area (Å²) >= 11 is 6.36. The zero-order valence-corrected chi connectivity index (χ0v) is 12.7. The lowest BCUT2D eigenvalue weighted by Crippen LogP contribution is -2.33. The van der Waals surface area contributed by atoms with E-state index in [0.717, 1.165) is 11.6 Å². The van der Waals surface area contributed by atoms with E-state index in [-0.39, 0.29) is 0 Å². The molecule has 1 unspecified atom stereocenters. The molecule has 0 aromatic heterocycles. The van der Waals surface area contributed by atoms with Gasteiger partial charge in [-0.25, -0.2) is 0 Å². The van der Waals surface area contributed by atoms with Gasteiger partial charge in [0.2, 0.25) is 0 Å². The van der Waals surface area contributed by atoms with Crippen LogP contribution in [0.2, 0.25) is 5.02 Å². The molecule has 0 amide bonds. The summed E-state index contributed by atoms with van der Waals surface area (Å²) in [6.45, 7) is 3.70. The number of hydrogen-bond acceptors (Lipinski definition) is 3. The monoisotopic (exact) mass is 282 g/mol. The Bertz CT molecular complexity index is 421. The number of anilines is 1. The molecule has 1 aliphatic rings. The third-order valence-corrected chi connectivity index (χ3v) is 4.04. The molecule has 1 aromatic rings. The first-order valence-electron chi connectivity index (χ1n) is 6.86. The van der Waals surface area contributed by atoms with Gasteiger partial charge in [-0.3, -0.25) is 0 Å². The van der Waals surface area contributed by atoms with Gasteiger partial charge in [0.25, 0.3) is 0 Å². The second-order valence-corrected chi connectivity index (χ2v) is 5.72. The first-order valence-corrected chi connectivity index (χ1v) is 7.23.